The number of unbranched alkanes of at least 4 members (excludes halogenated alkanes) is 1. The van der Waals surface area contributed by atoms with Crippen molar-refractivity contribution in [1.82, 2.24) is 4.90 Å². The van der Waals surface area contributed by atoms with Crippen molar-refractivity contribution in [1.29, 1.82) is 5.26 Å². The van der Waals surface area contributed by atoms with E-state index in [1.807, 2.05) is 31.1 Å². The normalized spacial score (nSPS) is 17.3. The first-order valence-corrected chi connectivity index (χ1v) is 8.21. The van der Waals surface area contributed by atoms with E-state index in [4.69, 9.17) is 4.74 Å². The number of hydrogen-bond acceptors (Lipinski definition) is 4. The van der Waals surface area contributed by atoms with Crippen molar-refractivity contribution in [2.24, 2.45) is 10.9 Å². The maximum atomic E-state index is 9.47. The van der Waals surface area contributed by atoms with Crippen molar-refractivity contribution in [2.45, 2.75) is 26.7 Å². The second-order valence-corrected chi connectivity index (χ2v) is 6.37. The number of rotatable bonds is 5. The van der Waals surface area contributed by atoms with Crippen LogP contribution in [0.5, 0.6) is 5.75 Å². The van der Waals surface area contributed by atoms with Gasteiger partial charge in [-0.1, -0.05) is 20.3 Å². The molecule has 124 valence electrons. The zero-order chi connectivity index (χ0) is 16.8. The van der Waals surface area contributed by atoms with Crippen LogP contribution in [-0.2, 0) is 0 Å². The van der Waals surface area contributed by atoms with Crippen molar-refractivity contribution in [2.75, 3.05) is 38.7 Å². The second-order valence-electron chi connectivity index (χ2n) is 6.37. The Morgan fingerprint density at radius 2 is 2.26 bits per heavy atom. The molecule has 0 spiro atoms. The molecule has 0 fully saturated rings. The van der Waals surface area contributed by atoms with E-state index in [0.29, 0.717) is 23.8 Å². The smallest absolute Gasteiger partial charge is 0.144 e. The van der Waals surface area contributed by atoms with E-state index in [1.54, 1.807) is 6.34 Å². The standard InChI is InChI=1S/C18H26N4O/c1-5-6-7-22-11-14(2)12-23-18-9-16(20-13-21(3)4)15(10-19)8-17(18)22/h8-9,13-14H,5-7,11-12H2,1-4H3/b20-13-. The Balaban J connectivity index is 2.42. The average molecular weight is 314 g/mol. The molecular formula is C18H26N4O. The molecule has 0 bridgehead atoms. The molecule has 2 rings (SSSR count). The summed E-state index contributed by atoms with van der Waals surface area (Å²) < 4.78 is 5.98. The van der Waals surface area contributed by atoms with Crippen LogP contribution in [0.1, 0.15) is 32.3 Å². The van der Waals surface area contributed by atoms with Crippen LogP contribution in [-0.4, -0.2) is 45.0 Å². The summed E-state index contributed by atoms with van der Waals surface area (Å²) in [6.45, 7) is 7.03. The quantitative estimate of drug-likeness (QED) is 0.617. The van der Waals surface area contributed by atoms with Crippen LogP contribution in [0, 0.1) is 17.2 Å². The Kier molecular flexibility index (Phi) is 5.86. The number of ether oxygens (including phenoxy) is 1. The van der Waals surface area contributed by atoms with E-state index >= 15 is 0 Å². The molecule has 23 heavy (non-hydrogen) atoms. The lowest BCUT2D eigenvalue weighted by Gasteiger charge is -2.25. The van der Waals surface area contributed by atoms with Crippen LogP contribution in [0.3, 0.4) is 0 Å². The first-order chi connectivity index (χ1) is 11.0. The molecule has 1 atom stereocenters. The topological polar surface area (TPSA) is 51.9 Å². The van der Waals surface area contributed by atoms with Crippen molar-refractivity contribution >= 4 is 17.7 Å². The number of hydrogen-bond donors (Lipinski definition) is 0. The summed E-state index contributed by atoms with van der Waals surface area (Å²) in [6.07, 6.45) is 3.99. The minimum atomic E-state index is 0.457. The number of fused-ring (bicyclic) bond motifs is 1. The average Bonchev–Trinajstić information content (AvgIpc) is 2.68. The fourth-order valence-electron chi connectivity index (χ4n) is 2.61. The van der Waals surface area contributed by atoms with Crippen LogP contribution >= 0.6 is 0 Å². The van der Waals surface area contributed by atoms with Gasteiger partial charge in [0.15, 0.2) is 0 Å². The van der Waals surface area contributed by atoms with Gasteiger partial charge in [-0.2, -0.15) is 5.26 Å². The van der Waals surface area contributed by atoms with Crippen molar-refractivity contribution in [3.05, 3.63) is 17.7 Å². The Hall–Kier alpha value is -2.22. The third kappa shape index (κ3) is 4.38. The van der Waals surface area contributed by atoms with E-state index in [1.165, 1.54) is 0 Å². The zero-order valence-electron chi connectivity index (χ0n) is 14.5. The van der Waals surface area contributed by atoms with Crippen LogP contribution in [0.4, 0.5) is 11.4 Å². The maximum Gasteiger partial charge on any atom is 0.144 e. The van der Waals surface area contributed by atoms with Gasteiger partial charge in [0.1, 0.15) is 11.8 Å². The molecular weight excluding hydrogens is 288 g/mol. The summed E-state index contributed by atoms with van der Waals surface area (Å²) in [5, 5.41) is 9.47. The fraction of sp³-hybridized carbons (Fsp3) is 0.556. The van der Waals surface area contributed by atoms with Crippen LogP contribution in [0.25, 0.3) is 0 Å². The molecule has 0 saturated heterocycles. The van der Waals surface area contributed by atoms with Crippen molar-refractivity contribution in [3.8, 4) is 11.8 Å². The van der Waals surface area contributed by atoms with Gasteiger partial charge in [-0.15, -0.1) is 0 Å². The Morgan fingerprint density at radius 3 is 2.91 bits per heavy atom. The molecule has 1 aliphatic heterocycles. The Bertz CT molecular complexity index is 604. The number of nitriles is 1. The highest BCUT2D eigenvalue weighted by Crippen LogP contribution is 2.38. The van der Waals surface area contributed by atoms with Gasteiger partial charge < -0.3 is 14.5 Å². The summed E-state index contributed by atoms with van der Waals surface area (Å²) in [7, 11) is 3.81. The lowest BCUT2D eigenvalue weighted by atomic mass is 10.1. The molecule has 1 aromatic carbocycles. The highest BCUT2D eigenvalue weighted by Gasteiger charge is 2.22. The van der Waals surface area contributed by atoms with E-state index in [9.17, 15) is 5.26 Å². The van der Waals surface area contributed by atoms with E-state index in [2.05, 4.69) is 29.8 Å². The van der Waals surface area contributed by atoms with Crippen molar-refractivity contribution in [3.63, 3.8) is 0 Å². The first kappa shape index (κ1) is 17.1. The third-order valence-electron chi connectivity index (χ3n) is 3.80. The summed E-state index contributed by atoms with van der Waals surface area (Å²) in [4.78, 5) is 8.60. The molecule has 0 N–H and O–H groups in total. The molecule has 0 aromatic heterocycles. The van der Waals surface area contributed by atoms with Gasteiger partial charge in [-0.25, -0.2) is 4.99 Å². The van der Waals surface area contributed by atoms with Crippen LogP contribution in [0.2, 0.25) is 0 Å². The number of nitrogens with zero attached hydrogens (tertiary/aromatic N) is 4. The van der Waals surface area contributed by atoms with E-state index in [-0.39, 0.29) is 0 Å². The molecule has 0 saturated carbocycles. The molecule has 1 aromatic rings. The number of aliphatic imine (C=N–C) groups is 1. The Labute approximate surface area is 139 Å². The summed E-state index contributed by atoms with van der Waals surface area (Å²) in [5.41, 5.74) is 2.26. The molecule has 1 unspecified atom stereocenters. The summed E-state index contributed by atoms with van der Waals surface area (Å²) in [5.74, 6) is 1.29. The van der Waals surface area contributed by atoms with Crippen molar-refractivity contribution < 1.29 is 4.74 Å². The van der Waals surface area contributed by atoms with Gasteiger partial charge in [0.2, 0.25) is 0 Å². The second kappa shape index (κ2) is 7.87. The Morgan fingerprint density at radius 1 is 1.48 bits per heavy atom. The molecule has 1 heterocycles. The lowest BCUT2D eigenvalue weighted by molar-refractivity contribution is 0.273. The van der Waals surface area contributed by atoms with Gasteiger partial charge in [-0.3, -0.25) is 0 Å². The molecule has 0 amide bonds. The minimum absolute atomic E-state index is 0.457. The predicted octanol–water partition coefficient (Wildman–Crippen LogP) is 3.41. The largest absolute Gasteiger partial charge is 0.491 e. The van der Waals surface area contributed by atoms with Gasteiger partial charge in [0.25, 0.3) is 0 Å². The van der Waals surface area contributed by atoms with E-state index in [0.717, 1.165) is 37.4 Å². The molecule has 1 aliphatic rings. The van der Waals surface area contributed by atoms with Gasteiger partial charge in [-0.05, 0) is 12.5 Å². The molecule has 5 nitrogen and oxygen atoms in total. The first-order valence-electron chi connectivity index (χ1n) is 8.21. The summed E-state index contributed by atoms with van der Waals surface area (Å²) in [6, 6.07) is 6.08. The highest BCUT2D eigenvalue weighted by molar-refractivity contribution is 5.73. The number of benzene rings is 1. The lowest BCUT2D eigenvalue weighted by Crippen LogP contribution is -2.29. The molecule has 0 aliphatic carbocycles. The predicted molar refractivity (Wildman–Crippen MR) is 94.8 cm³/mol. The third-order valence-corrected chi connectivity index (χ3v) is 3.80. The zero-order valence-corrected chi connectivity index (χ0v) is 14.5. The fourth-order valence-corrected chi connectivity index (χ4v) is 2.61. The molecule has 0 radical (unpaired) electrons. The van der Waals surface area contributed by atoms with Crippen LogP contribution in [0.15, 0.2) is 17.1 Å². The maximum absolute atomic E-state index is 9.47. The summed E-state index contributed by atoms with van der Waals surface area (Å²) >= 11 is 0. The SMILES string of the molecule is CCCCN1CC(C)COc2cc(/N=C\N(C)C)c(C#N)cc21. The van der Waals surface area contributed by atoms with Gasteiger partial charge >= 0.3 is 0 Å². The van der Waals surface area contributed by atoms with E-state index < -0.39 is 0 Å². The highest BCUT2D eigenvalue weighted by atomic mass is 16.5. The molecule has 5 heteroatoms. The van der Waals surface area contributed by atoms with Crippen LogP contribution < -0.4 is 9.64 Å². The number of anilines is 1. The van der Waals surface area contributed by atoms with Gasteiger partial charge in [0, 0.05) is 39.2 Å². The monoisotopic (exact) mass is 314 g/mol. The van der Waals surface area contributed by atoms with Gasteiger partial charge in [0.05, 0.1) is 29.9 Å². The minimum Gasteiger partial charge on any atom is -0.491 e.